The number of rotatable bonds is 4. The van der Waals surface area contributed by atoms with Crippen LogP contribution in [-0.2, 0) is 6.42 Å². The Labute approximate surface area is 116 Å². The van der Waals surface area contributed by atoms with Crippen LogP contribution < -0.4 is 5.32 Å². The van der Waals surface area contributed by atoms with Gasteiger partial charge in [0.2, 0.25) is 0 Å². The van der Waals surface area contributed by atoms with Crippen molar-refractivity contribution in [1.82, 2.24) is 5.32 Å². The summed E-state index contributed by atoms with van der Waals surface area (Å²) in [5, 5.41) is 15.8. The zero-order valence-corrected chi connectivity index (χ0v) is 11.4. The van der Waals surface area contributed by atoms with Crippen molar-refractivity contribution in [3.05, 3.63) is 57.8 Å². The van der Waals surface area contributed by atoms with Crippen LogP contribution in [0.4, 0.5) is 0 Å². The molecule has 2 rings (SSSR count). The number of amides is 1. The number of hydrogen-bond acceptors (Lipinski definition) is 3. The van der Waals surface area contributed by atoms with E-state index in [-0.39, 0.29) is 11.9 Å². The minimum atomic E-state index is -0.104. The van der Waals surface area contributed by atoms with Crippen LogP contribution in [0.25, 0.3) is 0 Å². The van der Waals surface area contributed by atoms with Crippen molar-refractivity contribution in [3.63, 3.8) is 0 Å². The van der Waals surface area contributed by atoms with Crippen molar-refractivity contribution in [1.29, 1.82) is 5.26 Å². The number of carbonyl (C=O) groups excluding carboxylic acids is 1. The van der Waals surface area contributed by atoms with Gasteiger partial charge in [0.05, 0.1) is 11.6 Å². The van der Waals surface area contributed by atoms with Crippen LogP contribution in [0.15, 0.2) is 41.1 Å². The first kappa shape index (κ1) is 13.3. The standard InChI is InChI=1S/C15H14N2OS/c1-11(8-13-6-7-19-10-13)17-15(18)14-4-2-12(9-16)3-5-14/h2-7,10-11H,8H2,1H3,(H,17,18). The second-order valence-corrected chi connectivity index (χ2v) is 5.18. The Balaban J connectivity index is 1.94. The van der Waals surface area contributed by atoms with Crippen LogP contribution in [-0.4, -0.2) is 11.9 Å². The van der Waals surface area contributed by atoms with Gasteiger partial charge in [0.25, 0.3) is 5.91 Å². The molecule has 0 saturated heterocycles. The third kappa shape index (κ3) is 3.67. The maximum atomic E-state index is 12.0. The summed E-state index contributed by atoms with van der Waals surface area (Å²) < 4.78 is 0. The molecule has 1 aromatic heterocycles. The Kier molecular flexibility index (Phi) is 4.32. The van der Waals surface area contributed by atoms with Gasteiger partial charge >= 0.3 is 0 Å². The van der Waals surface area contributed by atoms with Crippen molar-refractivity contribution >= 4 is 17.2 Å². The summed E-state index contributed by atoms with van der Waals surface area (Å²) in [6, 6.07) is 10.8. The van der Waals surface area contributed by atoms with Gasteiger partial charge in [-0.05, 0) is 60.0 Å². The monoisotopic (exact) mass is 270 g/mol. The molecule has 0 radical (unpaired) electrons. The average molecular weight is 270 g/mol. The van der Waals surface area contributed by atoms with E-state index < -0.39 is 0 Å². The Bertz CT molecular complexity index is 582. The maximum absolute atomic E-state index is 12.0. The fraction of sp³-hybridized carbons (Fsp3) is 0.200. The molecule has 1 unspecified atom stereocenters. The molecule has 0 spiro atoms. The first-order valence-electron chi connectivity index (χ1n) is 6.01. The molecule has 96 valence electrons. The van der Waals surface area contributed by atoms with E-state index in [1.54, 1.807) is 35.6 Å². The predicted octanol–water partition coefficient (Wildman–Crippen LogP) is 2.98. The first-order chi connectivity index (χ1) is 9.19. The molecule has 0 fully saturated rings. The van der Waals surface area contributed by atoms with Crippen LogP contribution in [0, 0.1) is 11.3 Å². The molecule has 1 amide bonds. The fourth-order valence-electron chi connectivity index (χ4n) is 1.82. The zero-order chi connectivity index (χ0) is 13.7. The Morgan fingerprint density at radius 1 is 1.37 bits per heavy atom. The molecule has 0 saturated carbocycles. The summed E-state index contributed by atoms with van der Waals surface area (Å²) in [5.74, 6) is -0.104. The summed E-state index contributed by atoms with van der Waals surface area (Å²) in [7, 11) is 0. The number of nitriles is 1. The summed E-state index contributed by atoms with van der Waals surface area (Å²) >= 11 is 1.66. The lowest BCUT2D eigenvalue weighted by Gasteiger charge is -2.13. The van der Waals surface area contributed by atoms with Gasteiger partial charge in [0.15, 0.2) is 0 Å². The van der Waals surface area contributed by atoms with Gasteiger partial charge in [-0.3, -0.25) is 4.79 Å². The second-order valence-electron chi connectivity index (χ2n) is 4.40. The lowest BCUT2D eigenvalue weighted by atomic mass is 10.1. The largest absolute Gasteiger partial charge is 0.349 e. The van der Waals surface area contributed by atoms with Gasteiger partial charge < -0.3 is 5.32 Å². The summed E-state index contributed by atoms with van der Waals surface area (Å²) in [5.41, 5.74) is 2.37. The van der Waals surface area contributed by atoms with Crippen LogP contribution in [0.2, 0.25) is 0 Å². The molecule has 0 aliphatic rings. The quantitative estimate of drug-likeness (QED) is 0.928. The van der Waals surface area contributed by atoms with E-state index in [2.05, 4.69) is 16.8 Å². The topological polar surface area (TPSA) is 52.9 Å². The smallest absolute Gasteiger partial charge is 0.251 e. The van der Waals surface area contributed by atoms with Crippen molar-refractivity contribution < 1.29 is 4.79 Å². The molecule has 1 aromatic carbocycles. The summed E-state index contributed by atoms with van der Waals surface area (Å²) in [6.45, 7) is 1.99. The Morgan fingerprint density at radius 3 is 2.68 bits per heavy atom. The molecular formula is C15H14N2OS. The van der Waals surface area contributed by atoms with E-state index >= 15 is 0 Å². The number of carbonyl (C=O) groups is 1. The highest BCUT2D eigenvalue weighted by atomic mass is 32.1. The number of hydrogen-bond donors (Lipinski definition) is 1. The molecule has 3 nitrogen and oxygen atoms in total. The number of benzene rings is 1. The molecule has 4 heteroatoms. The molecule has 2 aromatic rings. The zero-order valence-electron chi connectivity index (χ0n) is 10.6. The van der Waals surface area contributed by atoms with E-state index in [1.807, 2.05) is 18.4 Å². The normalized spacial score (nSPS) is 11.6. The second kappa shape index (κ2) is 6.17. The van der Waals surface area contributed by atoms with Crippen LogP contribution in [0.1, 0.15) is 28.4 Å². The molecule has 0 aliphatic carbocycles. The molecule has 1 heterocycles. The predicted molar refractivity (Wildman–Crippen MR) is 76.1 cm³/mol. The molecule has 0 aliphatic heterocycles. The minimum absolute atomic E-state index is 0.0812. The lowest BCUT2D eigenvalue weighted by molar-refractivity contribution is 0.0940. The van der Waals surface area contributed by atoms with E-state index in [4.69, 9.17) is 5.26 Å². The van der Waals surface area contributed by atoms with Gasteiger partial charge in [-0.15, -0.1) is 0 Å². The third-order valence-electron chi connectivity index (χ3n) is 2.78. The third-order valence-corrected chi connectivity index (χ3v) is 3.51. The van der Waals surface area contributed by atoms with Gasteiger partial charge in [-0.1, -0.05) is 0 Å². The van der Waals surface area contributed by atoms with Gasteiger partial charge in [0.1, 0.15) is 0 Å². The SMILES string of the molecule is CC(Cc1ccsc1)NC(=O)c1ccc(C#N)cc1. The van der Waals surface area contributed by atoms with Gasteiger partial charge in [-0.2, -0.15) is 16.6 Å². The number of nitrogens with zero attached hydrogens (tertiary/aromatic N) is 1. The van der Waals surface area contributed by atoms with Gasteiger partial charge in [0, 0.05) is 11.6 Å². The van der Waals surface area contributed by atoms with E-state index in [0.717, 1.165) is 6.42 Å². The number of thiophene rings is 1. The van der Waals surface area contributed by atoms with E-state index in [9.17, 15) is 4.79 Å². The Morgan fingerprint density at radius 2 is 2.11 bits per heavy atom. The Hall–Kier alpha value is -2.12. The minimum Gasteiger partial charge on any atom is -0.349 e. The number of nitrogens with one attached hydrogen (secondary N) is 1. The molecule has 0 bridgehead atoms. The van der Waals surface area contributed by atoms with Crippen molar-refractivity contribution in [2.24, 2.45) is 0 Å². The van der Waals surface area contributed by atoms with Crippen molar-refractivity contribution in [2.45, 2.75) is 19.4 Å². The van der Waals surface area contributed by atoms with Gasteiger partial charge in [-0.25, -0.2) is 0 Å². The van der Waals surface area contributed by atoms with Crippen LogP contribution >= 0.6 is 11.3 Å². The van der Waals surface area contributed by atoms with Crippen LogP contribution in [0.3, 0.4) is 0 Å². The average Bonchev–Trinajstić information content (AvgIpc) is 2.91. The first-order valence-corrected chi connectivity index (χ1v) is 6.95. The molecule has 19 heavy (non-hydrogen) atoms. The van der Waals surface area contributed by atoms with Crippen molar-refractivity contribution in [3.8, 4) is 6.07 Å². The van der Waals surface area contributed by atoms with Crippen LogP contribution in [0.5, 0.6) is 0 Å². The fourth-order valence-corrected chi connectivity index (χ4v) is 2.50. The molecular weight excluding hydrogens is 256 g/mol. The highest BCUT2D eigenvalue weighted by molar-refractivity contribution is 7.07. The van der Waals surface area contributed by atoms with E-state index in [1.165, 1.54) is 5.56 Å². The van der Waals surface area contributed by atoms with E-state index in [0.29, 0.717) is 11.1 Å². The van der Waals surface area contributed by atoms with Crippen molar-refractivity contribution in [2.75, 3.05) is 0 Å². The maximum Gasteiger partial charge on any atom is 0.251 e. The summed E-state index contributed by atoms with van der Waals surface area (Å²) in [6.07, 6.45) is 0.825. The highest BCUT2D eigenvalue weighted by Crippen LogP contribution is 2.09. The molecule has 1 atom stereocenters. The summed E-state index contributed by atoms with van der Waals surface area (Å²) in [4.78, 5) is 12.0. The molecule has 1 N–H and O–H groups in total. The lowest BCUT2D eigenvalue weighted by Crippen LogP contribution is -2.33. The highest BCUT2D eigenvalue weighted by Gasteiger charge is 2.10.